The van der Waals surface area contributed by atoms with Gasteiger partial charge >= 0.3 is 0 Å². The average molecular weight is 230 g/mol. The van der Waals surface area contributed by atoms with E-state index in [4.69, 9.17) is 9.47 Å². The lowest BCUT2D eigenvalue weighted by molar-refractivity contribution is 0.101. The van der Waals surface area contributed by atoms with Crippen molar-refractivity contribution in [1.82, 2.24) is 10.2 Å². The van der Waals surface area contributed by atoms with Crippen LogP contribution in [0.25, 0.3) is 0 Å². The van der Waals surface area contributed by atoms with Crippen LogP contribution in [0, 0.1) is 11.8 Å². The molecule has 0 aromatic carbocycles. The van der Waals surface area contributed by atoms with E-state index in [1.807, 2.05) is 0 Å². The van der Waals surface area contributed by atoms with Crippen molar-refractivity contribution in [2.24, 2.45) is 11.8 Å². The molecule has 1 aliphatic rings. The van der Waals surface area contributed by atoms with Crippen LogP contribution >= 0.6 is 0 Å². The van der Waals surface area contributed by atoms with E-state index in [0.717, 1.165) is 57.8 Å². The number of nitrogens with one attached hydrogen (secondary N) is 1. The quantitative estimate of drug-likeness (QED) is 0.656. The Morgan fingerprint density at radius 2 is 1.75 bits per heavy atom. The van der Waals surface area contributed by atoms with Crippen LogP contribution in [-0.4, -0.2) is 65.1 Å². The van der Waals surface area contributed by atoms with Crippen molar-refractivity contribution in [2.45, 2.75) is 6.92 Å². The van der Waals surface area contributed by atoms with E-state index < -0.39 is 0 Å². The maximum Gasteiger partial charge on any atom is 0.0589 e. The molecule has 0 aromatic rings. The summed E-state index contributed by atoms with van der Waals surface area (Å²) >= 11 is 0. The van der Waals surface area contributed by atoms with Gasteiger partial charge in [0.2, 0.25) is 0 Å². The molecule has 0 amide bonds. The zero-order valence-corrected chi connectivity index (χ0v) is 10.9. The maximum atomic E-state index is 5.15. The van der Waals surface area contributed by atoms with Gasteiger partial charge in [-0.25, -0.2) is 0 Å². The van der Waals surface area contributed by atoms with Crippen LogP contribution in [0.4, 0.5) is 0 Å². The van der Waals surface area contributed by atoms with Gasteiger partial charge in [0.25, 0.3) is 0 Å². The summed E-state index contributed by atoms with van der Waals surface area (Å²) in [6, 6.07) is 0. The smallest absolute Gasteiger partial charge is 0.0589 e. The summed E-state index contributed by atoms with van der Waals surface area (Å²) in [5.74, 6) is 1.56. The Bertz CT molecular complexity index is 170. The molecule has 0 radical (unpaired) electrons. The molecule has 0 bridgehead atoms. The molecule has 1 fully saturated rings. The molecule has 4 nitrogen and oxygen atoms in total. The van der Waals surface area contributed by atoms with E-state index >= 15 is 0 Å². The molecule has 1 N–H and O–H groups in total. The minimum Gasteiger partial charge on any atom is -0.383 e. The van der Waals surface area contributed by atoms with Crippen molar-refractivity contribution >= 4 is 0 Å². The summed E-state index contributed by atoms with van der Waals surface area (Å²) in [5, 5.41) is 3.45. The molecule has 2 atom stereocenters. The van der Waals surface area contributed by atoms with Crippen LogP contribution in [0.2, 0.25) is 0 Å². The second-order valence-electron chi connectivity index (χ2n) is 4.68. The van der Waals surface area contributed by atoms with Crippen molar-refractivity contribution in [2.75, 3.05) is 60.2 Å². The molecule has 0 saturated carbocycles. The van der Waals surface area contributed by atoms with Gasteiger partial charge < -0.3 is 14.8 Å². The first-order valence-electron chi connectivity index (χ1n) is 6.19. The van der Waals surface area contributed by atoms with Crippen molar-refractivity contribution in [1.29, 1.82) is 0 Å². The molecule has 96 valence electrons. The van der Waals surface area contributed by atoms with Gasteiger partial charge in [-0.1, -0.05) is 6.92 Å². The van der Waals surface area contributed by atoms with Gasteiger partial charge in [-0.05, 0) is 24.9 Å². The molecule has 0 unspecified atom stereocenters. The fourth-order valence-electron chi connectivity index (χ4n) is 2.18. The van der Waals surface area contributed by atoms with E-state index in [1.54, 1.807) is 14.2 Å². The molecule has 0 aliphatic carbocycles. The number of rotatable bonds is 8. The highest BCUT2D eigenvalue weighted by molar-refractivity contribution is 4.80. The van der Waals surface area contributed by atoms with Crippen LogP contribution in [0.5, 0.6) is 0 Å². The standard InChI is InChI=1S/C12H26N2O2/c1-11-8-13-9-12(11)10-14(4-6-15-2)5-7-16-3/h11-13H,4-10H2,1-3H3/t11-,12+/m1/s1. The van der Waals surface area contributed by atoms with Crippen molar-refractivity contribution in [3.05, 3.63) is 0 Å². The average Bonchev–Trinajstić information content (AvgIpc) is 2.68. The van der Waals surface area contributed by atoms with Crippen molar-refractivity contribution in [3.63, 3.8) is 0 Å². The van der Waals surface area contributed by atoms with E-state index in [2.05, 4.69) is 17.1 Å². The molecular weight excluding hydrogens is 204 g/mol. The van der Waals surface area contributed by atoms with E-state index in [9.17, 15) is 0 Å². The highest BCUT2D eigenvalue weighted by Gasteiger charge is 2.24. The van der Waals surface area contributed by atoms with Crippen LogP contribution in [0.3, 0.4) is 0 Å². The topological polar surface area (TPSA) is 33.7 Å². The predicted molar refractivity (Wildman–Crippen MR) is 65.7 cm³/mol. The number of ether oxygens (including phenoxy) is 2. The van der Waals surface area contributed by atoms with Gasteiger partial charge in [-0.3, -0.25) is 4.90 Å². The molecule has 1 saturated heterocycles. The fraction of sp³-hybridized carbons (Fsp3) is 1.00. The van der Waals surface area contributed by atoms with E-state index in [0.29, 0.717) is 0 Å². The lowest BCUT2D eigenvalue weighted by Crippen LogP contribution is -2.37. The summed E-state index contributed by atoms with van der Waals surface area (Å²) in [6.07, 6.45) is 0. The Kier molecular flexibility index (Phi) is 6.96. The predicted octanol–water partition coefficient (Wildman–Crippen LogP) is 0.437. The van der Waals surface area contributed by atoms with Crippen LogP contribution in [0.1, 0.15) is 6.92 Å². The van der Waals surface area contributed by atoms with Gasteiger partial charge in [0.1, 0.15) is 0 Å². The Hall–Kier alpha value is -0.160. The lowest BCUT2D eigenvalue weighted by atomic mass is 9.97. The Balaban J connectivity index is 2.29. The molecule has 1 aliphatic heterocycles. The van der Waals surface area contributed by atoms with Crippen LogP contribution in [0.15, 0.2) is 0 Å². The van der Waals surface area contributed by atoms with Crippen molar-refractivity contribution < 1.29 is 9.47 Å². The first-order chi connectivity index (χ1) is 7.77. The maximum absolute atomic E-state index is 5.15. The lowest BCUT2D eigenvalue weighted by Gasteiger charge is -2.26. The monoisotopic (exact) mass is 230 g/mol. The SMILES string of the molecule is COCCN(CCOC)C[C@@H]1CNC[C@H]1C. The molecule has 0 spiro atoms. The third-order valence-electron chi connectivity index (χ3n) is 3.39. The minimum atomic E-state index is 0.772. The third-order valence-corrected chi connectivity index (χ3v) is 3.39. The summed E-state index contributed by atoms with van der Waals surface area (Å²) in [7, 11) is 3.52. The van der Waals surface area contributed by atoms with E-state index in [-0.39, 0.29) is 0 Å². The Labute approximate surface area is 99.3 Å². The molecule has 16 heavy (non-hydrogen) atoms. The second-order valence-corrected chi connectivity index (χ2v) is 4.68. The highest BCUT2D eigenvalue weighted by Crippen LogP contribution is 2.16. The number of methoxy groups -OCH3 is 2. The van der Waals surface area contributed by atoms with Gasteiger partial charge in [0.05, 0.1) is 13.2 Å². The van der Waals surface area contributed by atoms with E-state index in [1.165, 1.54) is 0 Å². The van der Waals surface area contributed by atoms with Crippen molar-refractivity contribution in [3.8, 4) is 0 Å². The molecule has 1 rings (SSSR count). The summed E-state index contributed by atoms with van der Waals surface area (Å²) < 4.78 is 10.3. The second kappa shape index (κ2) is 8.01. The molecular formula is C12H26N2O2. The summed E-state index contributed by atoms with van der Waals surface area (Å²) in [5.41, 5.74) is 0. The molecule has 0 aromatic heterocycles. The minimum absolute atomic E-state index is 0.772. The Morgan fingerprint density at radius 3 is 2.19 bits per heavy atom. The normalized spacial score (nSPS) is 25.5. The largest absolute Gasteiger partial charge is 0.383 e. The summed E-state index contributed by atoms with van der Waals surface area (Å²) in [6.45, 7) is 9.41. The van der Waals surface area contributed by atoms with Gasteiger partial charge in [0.15, 0.2) is 0 Å². The number of nitrogens with zero attached hydrogens (tertiary/aromatic N) is 1. The van der Waals surface area contributed by atoms with Gasteiger partial charge in [-0.2, -0.15) is 0 Å². The first kappa shape index (κ1) is 13.9. The highest BCUT2D eigenvalue weighted by atomic mass is 16.5. The van der Waals surface area contributed by atoms with Crippen LogP contribution < -0.4 is 5.32 Å². The molecule has 4 heteroatoms. The van der Waals surface area contributed by atoms with Gasteiger partial charge in [-0.15, -0.1) is 0 Å². The summed E-state index contributed by atoms with van der Waals surface area (Å²) in [4.78, 5) is 2.45. The zero-order valence-electron chi connectivity index (χ0n) is 10.9. The number of hydrogen-bond donors (Lipinski definition) is 1. The van der Waals surface area contributed by atoms with Crippen LogP contribution in [-0.2, 0) is 9.47 Å². The zero-order chi connectivity index (χ0) is 11.8. The van der Waals surface area contributed by atoms with Gasteiger partial charge in [0, 0.05) is 33.9 Å². The number of hydrogen-bond acceptors (Lipinski definition) is 4. The third kappa shape index (κ3) is 4.78. The molecule has 1 heterocycles. The fourth-order valence-corrected chi connectivity index (χ4v) is 2.18. The Morgan fingerprint density at radius 1 is 1.12 bits per heavy atom. The first-order valence-corrected chi connectivity index (χ1v) is 6.19.